The number of nitrogens with one attached hydrogen (secondary N) is 1. The van der Waals surface area contributed by atoms with Gasteiger partial charge in [0.2, 0.25) is 0 Å². The molecule has 0 aliphatic carbocycles. The van der Waals surface area contributed by atoms with E-state index in [0.29, 0.717) is 13.0 Å². The van der Waals surface area contributed by atoms with Crippen molar-refractivity contribution >= 4 is 5.91 Å². The summed E-state index contributed by atoms with van der Waals surface area (Å²) in [6, 6.07) is 8.53. The molecule has 0 saturated heterocycles. The summed E-state index contributed by atoms with van der Waals surface area (Å²) in [5.74, 6) is -1.31. The minimum absolute atomic E-state index is 0.0336. The lowest BCUT2D eigenvalue weighted by atomic mass is 10.1. The van der Waals surface area contributed by atoms with Gasteiger partial charge in [0.05, 0.1) is 7.11 Å². The van der Waals surface area contributed by atoms with E-state index < -0.39 is 17.5 Å². The average molecular weight is 305 g/mol. The van der Waals surface area contributed by atoms with Crippen molar-refractivity contribution in [3.63, 3.8) is 0 Å². The van der Waals surface area contributed by atoms with E-state index in [0.717, 1.165) is 35.1 Å². The molecule has 0 heterocycles. The zero-order chi connectivity index (χ0) is 16.1. The highest BCUT2D eigenvalue weighted by atomic mass is 19.1. The minimum Gasteiger partial charge on any atom is -0.496 e. The maximum Gasteiger partial charge on any atom is 0.251 e. The van der Waals surface area contributed by atoms with Gasteiger partial charge in [-0.15, -0.1) is 0 Å². The number of ether oxygens (including phenoxy) is 1. The molecule has 2 rings (SSSR count). The average Bonchev–Trinajstić information content (AvgIpc) is 2.46. The van der Waals surface area contributed by atoms with E-state index in [2.05, 4.69) is 5.32 Å². The summed E-state index contributed by atoms with van der Waals surface area (Å²) in [6.07, 6.45) is 0.564. The summed E-state index contributed by atoms with van der Waals surface area (Å²) in [4.78, 5) is 11.9. The van der Waals surface area contributed by atoms with Gasteiger partial charge in [-0.25, -0.2) is 8.78 Å². The van der Waals surface area contributed by atoms with Crippen molar-refractivity contribution in [3.05, 3.63) is 64.7 Å². The van der Waals surface area contributed by atoms with Crippen molar-refractivity contribution in [2.45, 2.75) is 13.3 Å². The van der Waals surface area contributed by atoms with Crippen molar-refractivity contribution in [2.24, 2.45) is 0 Å². The molecule has 22 heavy (non-hydrogen) atoms. The Kier molecular flexibility index (Phi) is 5.09. The van der Waals surface area contributed by atoms with E-state index in [1.165, 1.54) is 0 Å². The first kappa shape index (κ1) is 15.9. The van der Waals surface area contributed by atoms with Gasteiger partial charge < -0.3 is 10.1 Å². The molecule has 0 aromatic heterocycles. The van der Waals surface area contributed by atoms with Crippen LogP contribution < -0.4 is 10.1 Å². The van der Waals surface area contributed by atoms with Gasteiger partial charge in [0.15, 0.2) is 0 Å². The Hall–Kier alpha value is -2.43. The molecule has 116 valence electrons. The van der Waals surface area contributed by atoms with Gasteiger partial charge in [0.1, 0.15) is 17.4 Å². The molecule has 3 nitrogen and oxygen atoms in total. The molecule has 0 spiro atoms. The molecular formula is C17H17F2NO2. The number of hydrogen-bond donors (Lipinski definition) is 1. The van der Waals surface area contributed by atoms with Crippen LogP contribution in [0.1, 0.15) is 21.5 Å². The van der Waals surface area contributed by atoms with Crippen LogP contribution in [0.5, 0.6) is 5.75 Å². The number of hydrogen-bond acceptors (Lipinski definition) is 2. The van der Waals surface area contributed by atoms with Crippen LogP contribution >= 0.6 is 0 Å². The van der Waals surface area contributed by atoms with Crippen LogP contribution in [-0.4, -0.2) is 19.6 Å². The van der Waals surface area contributed by atoms with Crippen molar-refractivity contribution in [1.29, 1.82) is 0 Å². The van der Waals surface area contributed by atoms with E-state index >= 15 is 0 Å². The summed E-state index contributed by atoms with van der Waals surface area (Å²) < 4.78 is 31.4. The predicted octanol–water partition coefficient (Wildman–Crippen LogP) is 3.25. The predicted molar refractivity (Wildman–Crippen MR) is 80.1 cm³/mol. The van der Waals surface area contributed by atoms with E-state index in [9.17, 15) is 13.6 Å². The van der Waals surface area contributed by atoms with Crippen molar-refractivity contribution < 1.29 is 18.3 Å². The number of carbonyl (C=O) groups is 1. The Bertz CT molecular complexity index is 666. The fourth-order valence-corrected chi connectivity index (χ4v) is 2.20. The lowest BCUT2D eigenvalue weighted by molar-refractivity contribution is 0.0953. The lowest BCUT2D eigenvalue weighted by Gasteiger charge is -2.10. The van der Waals surface area contributed by atoms with Gasteiger partial charge >= 0.3 is 0 Å². The van der Waals surface area contributed by atoms with E-state index in [1.54, 1.807) is 7.11 Å². The van der Waals surface area contributed by atoms with Crippen LogP contribution in [-0.2, 0) is 6.42 Å². The molecule has 0 unspecified atom stereocenters. The molecule has 1 N–H and O–H groups in total. The second-order valence-electron chi connectivity index (χ2n) is 4.98. The SMILES string of the molecule is COc1ccc(C)cc1CCNC(=O)c1cc(F)cc(F)c1. The first-order valence-electron chi connectivity index (χ1n) is 6.87. The molecule has 2 aromatic carbocycles. The number of amides is 1. The normalized spacial score (nSPS) is 10.4. The van der Waals surface area contributed by atoms with Crippen LogP contribution in [0.2, 0.25) is 0 Å². The highest BCUT2D eigenvalue weighted by molar-refractivity contribution is 5.94. The summed E-state index contributed by atoms with van der Waals surface area (Å²) in [6.45, 7) is 2.31. The Morgan fingerprint density at radius 1 is 1.14 bits per heavy atom. The molecule has 1 amide bonds. The van der Waals surface area contributed by atoms with Crippen molar-refractivity contribution in [2.75, 3.05) is 13.7 Å². The molecule has 0 atom stereocenters. The first-order valence-corrected chi connectivity index (χ1v) is 6.87. The summed E-state index contributed by atoms with van der Waals surface area (Å²) in [5, 5.41) is 2.64. The highest BCUT2D eigenvalue weighted by Gasteiger charge is 2.09. The number of benzene rings is 2. The third kappa shape index (κ3) is 4.04. The van der Waals surface area contributed by atoms with Crippen LogP contribution in [0.3, 0.4) is 0 Å². The lowest BCUT2D eigenvalue weighted by Crippen LogP contribution is -2.26. The van der Waals surface area contributed by atoms with Gasteiger partial charge in [-0.1, -0.05) is 17.7 Å². The van der Waals surface area contributed by atoms with Gasteiger partial charge in [-0.2, -0.15) is 0 Å². The second-order valence-corrected chi connectivity index (χ2v) is 4.98. The highest BCUT2D eigenvalue weighted by Crippen LogP contribution is 2.19. The summed E-state index contributed by atoms with van der Waals surface area (Å²) in [5.41, 5.74) is 2.02. The Labute approximate surface area is 127 Å². The maximum atomic E-state index is 13.1. The van der Waals surface area contributed by atoms with Crippen LogP contribution in [0.25, 0.3) is 0 Å². The summed E-state index contributed by atoms with van der Waals surface area (Å²) in [7, 11) is 1.59. The van der Waals surface area contributed by atoms with Crippen LogP contribution in [0.15, 0.2) is 36.4 Å². The van der Waals surface area contributed by atoms with E-state index in [1.807, 2.05) is 25.1 Å². The zero-order valence-corrected chi connectivity index (χ0v) is 12.5. The Balaban J connectivity index is 1.99. The first-order chi connectivity index (χ1) is 10.5. The monoisotopic (exact) mass is 305 g/mol. The number of aryl methyl sites for hydroxylation is 1. The molecule has 0 bridgehead atoms. The molecular weight excluding hydrogens is 288 g/mol. The smallest absolute Gasteiger partial charge is 0.251 e. The fourth-order valence-electron chi connectivity index (χ4n) is 2.20. The van der Waals surface area contributed by atoms with Gasteiger partial charge in [-0.3, -0.25) is 4.79 Å². The zero-order valence-electron chi connectivity index (χ0n) is 12.5. The fraction of sp³-hybridized carbons (Fsp3) is 0.235. The van der Waals surface area contributed by atoms with Gasteiger partial charge in [-0.05, 0) is 37.1 Å². The van der Waals surface area contributed by atoms with Crippen LogP contribution in [0.4, 0.5) is 8.78 Å². The van der Waals surface area contributed by atoms with Crippen LogP contribution in [0, 0.1) is 18.6 Å². The molecule has 0 radical (unpaired) electrons. The van der Waals surface area contributed by atoms with Crippen molar-refractivity contribution in [1.82, 2.24) is 5.32 Å². The standard InChI is InChI=1S/C17H17F2NO2/c1-11-3-4-16(22-2)12(7-11)5-6-20-17(21)13-8-14(18)10-15(19)9-13/h3-4,7-10H,5-6H2,1-2H3,(H,20,21). The van der Waals surface area contributed by atoms with Gasteiger partial charge in [0.25, 0.3) is 5.91 Å². The minimum atomic E-state index is -0.773. The quantitative estimate of drug-likeness (QED) is 0.921. The maximum absolute atomic E-state index is 13.1. The van der Waals surface area contributed by atoms with E-state index in [-0.39, 0.29) is 5.56 Å². The molecule has 0 aliphatic heterocycles. The topological polar surface area (TPSA) is 38.3 Å². The number of carbonyl (C=O) groups excluding carboxylic acids is 1. The number of halogens is 2. The Morgan fingerprint density at radius 3 is 2.45 bits per heavy atom. The second kappa shape index (κ2) is 7.02. The number of methoxy groups -OCH3 is 1. The third-order valence-corrected chi connectivity index (χ3v) is 3.24. The molecule has 0 fully saturated rings. The Morgan fingerprint density at radius 2 is 1.82 bits per heavy atom. The molecule has 2 aromatic rings. The third-order valence-electron chi connectivity index (χ3n) is 3.24. The van der Waals surface area contributed by atoms with E-state index in [4.69, 9.17) is 4.74 Å². The van der Waals surface area contributed by atoms with Crippen molar-refractivity contribution in [3.8, 4) is 5.75 Å². The molecule has 5 heteroatoms. The van der Waals surface area contributed by atoms with Gasteiger partial charge in [0, 0.05) is 18.2 Å². The molecule has 0 saturated carbocycles. The largest absolute Gasteiger partial charge is 0.496 e. The number of rotatable bonds is 5. The summed E-state index contributed by atoms with van der Waals surface area (Å²) >= 11 is 0. The molecule has 0 aliphatic rings.